The van der Waals surface area contributed by atoms with E-state index >= 15 is 0 Å². The zero-order valence-corrected chi connectivity index (χ0v) is 13.3. The minimum Gasteiger partial charge on any atom is -0.359 e. The number of hydrogen-bond acceptors (Lipinski definition) is 5. The number of rotatable bonds is 4. The lowest BCUT2D eigenvalue weighted by atomic mass is 10.2. The van der Waals surface area contributed by atoms with Crippen molar-refractivity contribution in [1.82, 2.24) is 29.9 Å². The van der Waals surface area contributed by atoms with Crippen molar-refractivity contribution in [3.63, 3.8) is 0 Å². The molecule has 0 radical (unpaired) electrons. The van der Waals surface area contributed by atoms with Gasteiger partial charge in [0.05, 0.1) is 11.0 Å². The molecule has 2 N–H and O–H groups in total. The minimum atomic E-state index is -0.302. The molecule has 0 unspecified atom stereocenters. The Kier molecular flexibility index (Phi) is 3.30. The standard InChI is InChI=1S/C16H16N6O2/c1-9-15(10(2)24-21-9)22-14(19-20-16(22)23)8-7-13-17-11-5-3-4-6-12(11)18-13/h3-6H,7-8H2,1-2H3,(H,17,18)(H,20,23). The third-order valence-corrected chi connectivity index (χ3v) is 3.98. The number of H-pyrrole nitrogens is 2. The highest BCUT2D eigenvalue weighted by Crippen LogP contribution is 2.18. The molecule has 4 rings (SSSR count). The Hall–Kier alpha value is -3.16. The third kappa shape index (κ3) is 2.32. The van der Waals surface area contributed by atoms with Crippen molar-refractivity contribution in [2.24, 2.45) is 0 Å². The number of hydrogen-bond donors (Lipinski definition) is 2. The van der Waals surface area contributed by atoms with E-state index in [-0.39, 0.29) is 5.69 Å². The topological polar surface area (TPSA) is 105 Å². The van der Waals surface area contributed by atoms with Crippen LogP contribution in [0.3, 0.4) is 0 Å². The highest BCUT2D eigenvalue weighted by molar-refractivity contribution is 5.74. The van der Waals surface area contributed by atoms with Gasteiger partial charge in [-0.3, -0.25) is 0 Å². The smallest absolute Gasteiger partial charge is 0.348 e. The van der Waals surface area contributed by atoms with Gasteiger partial charge in [0, 0.05) is 12.8 Å². The summed E-state index contributed by atoms with van der Waals surface area (Å²) in [6.45, 7) is 3.58. The first-order valence-electron chi connectivity index (χ1n) is 7.66. The molecule has 24 heavy (non-hydrogen) atoms. The van der Waals surface area contributed by atoms with Crippen LogP contribution in [-0.2, 0) is 12.8 Å². The normalized spacial score (nSPS) is 11.4. The molecule has 0 aliphatic rings. The predicted molar refractivity (Wildman–Crippen MR) is 87.2 cm³/mol. The summed E-state index contributed by atoms with van der Waals surface area (Å²) in [4.78, 5) is 20.0. The maximum atomic E-state index is 12.1. The van der Waals surface area contributed by atoms with E-state index in [2.05, 4.69) is 25.3 Å². The summed E-state index contributed by atoms with van der Waals surface area (Å²) in [5.41, 5.74) is 2.92. The van der Waals surface area contributed by atoms with Crippen molar-refractivity contribution >= 4 is 11.0 Å². The fraction of sp³-hybridized carbons (Fsp3) is 0.250. The molecule has 0 spiro atoms. The van der Waals surface area contributed by atoms with Crippen LogP contribution in [0.15, 0.2) is 33.6 Å². The van der Waals surface area contributed by atoms with Crippen LogP contribution in [0.2, 0.25) is 0 Å². The van der Waals surface area contributed by atoms with E-state index in [9.17, 15) is 4.79 Å². The molecule has 3 aromatic heterocycles. The molecule has 8 nitrogen and oxygen atoms in total. The summed E-state index contributed by atoms with van der Waals surface area (Å²) >= 11 is 0. The molecule has 3 heterocycles. The molecule has 4 aromatic rings. The highest BCUT2D eigenvalue weighted by Gasteiger charge is 2.18. The fourth-order valence-electron chi connectivity index (χ4n) is 2.88. The van der Waals surface area contributed by atoms with Crippen LogP contribution >= 0.6 is 0 Å². The number of aromatic nitrogens is 6. The Morgan fingerprint density at radius 1 is 1.21 bits per heavy atom. The molecule has 0 amide bonds. The first-order valence-corrected chi connectivity index (χ1v) is 7.66. The Labute approximate surface area is 136 Å². The van der Waals surface area contributed by atoms with Crippen LogP contribution in [0.4, 0.5) is 0 Å². The molecule has 0 aliphatic carbocycles. The lowest BCUT2D eigenvalue weighted by molar-refractivity contribution is 0.392. The van der Waals surface area contributed by atoms with E-state index in [1.807, 2.05) is 24.3 Å². The quantitative estimate of drug-likeness (QED) is 0.596. The first-order chi connectivity index (χ1) is 11.6. The van der Waals surface area contributed by atoms with Gasteiger partial charge in [0.1, 0.15) is 23.0 Å². The van der Waals surface area contributed by atoms with Gasteiger partial charge in [0.25, 0.3) is 0 Å². The van der Waals surface area contributed by atoms with Gasteiger partial charge in [0.2, 0.25) is 0 Å². The van der Waals surface area contributed by atoms with Gasteiger partial charge in [-0.15, -0.1) is 0 Å². The first kappa shape index (κ1) is 14.4. The monoisotopic (exact) mass is 324 g/mol. The van der Waals surface area contributed by atoms with E-state index in [0.29, 0.717) is 35.8 Å². The van der Waals surface area contributed by atoms with Gasteiger partial charge in [-0.05, 0) is 26.0 Å². The lowest BCUT2D eigenvalue weighted by Crippen LogP contribution is -2.18. The number of para-hydroxylation sites is 2. The molecule has 0 bridgehead atoms. The molecule has 0 fully saturated rings. The molecule has 0 saturated carbocycles. The molecule has 0 aliphatic heterocycles. The highest BCUT2D eigenvalue weighted by atomic mass is 16.5. The van der Waals surface area contributed by atoms with Gasteiger partial charge < -0.3 is 9.51 Å². The number of fused-ring (bicyclic) bond motifs is 1. The summed E-state index contributed by atoms with van der Waals surface area (Å²) < 4.78 is 6.68. The van der Waals surface area contributed by atoms with Crippen LogP contribution in [0.25, 0.3) is 16.7 Å². The van der Waals surface area contributed by atoms with Crippen LogP contribution in [0, 0.1) is 13.8 Å². The van der Waals surface area contributed by atoms with E-state index < -0.39 is 0 Å². The number of nitrogens with zero attached hydrogens (tertiary/aromatic N) is 4. The third-order valence-electron chi connectivity index (χ3n) is 3.98. The van der Waals surface area contributed by atoms with Crippen molar-refractivity contribution in [3.8, 4) is 5.69 Å². The summed E-state index contributed by atoms with van der Waals surface area (Å²) in [5.74, 6) is 2.06. The Morgan fingerprint density at radius 2 is 2.04 bits per heavy atom. The average molecular weight is 324 g/mol. The second kappa shape index (κ2) is 5.48. The van der Waals surface area contributed by atoms with Crippen molar-refractivity contribution in [2.75, 3.05) is 0 Å². The van der Waals surface area contributed by atoms with Gasteiger partial charge in [-0.1, -0.05) is 17.3 Å². The number of aromatic amines is 2. The van der Waals surface area contributed by atoms with Crippen molar-refractivity contribution in [3.05, 3.63) is 57.9 Å². The molecule has 0 saturated heterocycles. The zero-order chi connectivity index (χ0) is 16.7. The van der Waals surface area contributed by atoms with E-state index in [1.165, 1.54) is 4.57 Å². The lowest BCUT2D eigenvalue weighted by Gasteiger charge is -2.04. The van der Waals surface area contributed by atoms with Gasteiger partial charge >= 0.3 is 5.69 Å². The van der Waals surface area contributed by atoms with Crippen LogP contribution in [0.5, 0.6) is 0 Å². The summed E-state index contributed by atoms with van der Waals surface area (Å²) in [5, 5.41) is 10.5. The van der Waals surface area contributed by atoms with Crippen LogP contribution in [-0.4, -0.2) is 29.9 Å². The van der Waals surface area contributed by atoms with Crippen molar-refractivity contribution in [1.29, 1.82) is 0 Å². The molecular formula is C16H16N6O2. The Balaban J connectivity index is 1.65. The maximum Gasteiger partial charge on any atom is 0.348 e. The number of aryl methyl sites for hydroxylation is 4. The summed E-state index contributed by atoms with van der Waals surface area (Å²) in [6.07, 6.45) is 1.20. The SMILES string of the molecule is Cc1noc(C)c1-n1c(CCc2nc3ccccc3[nH]2)n[nH]c1=O. The van der Waals surface area contributed by atoms with Crippen molar-refractivity contribution < 1.29 is 4.52 Å². The van der Waals surface area contributed by atoms with Gasteiger partial charge in [-0.2, -0.15) is 5.10 Å². The number of imidazole rings is 1. The van der Waals surface area contributed by atoms with Crippen LogP contribution < -0.4 is 5.69 Å². The van der Waals surface area contributed by atoms with Crippen molar-refractivity contribution in [2.45, 2.75) is 26.7 Å². The second-order valence-electron chi connectivity index (χ2n) is 5.65. The Bertz CT molecular complexity index is 1020. The van der Waals surface area contributed by atoms with E-state index in [1.54, 1.807) is 13.8 Å². The maximum absolute atomic E-state index is 12.1. The van der Waals surface area contributed by atoms with Gasteiger partial charge in [0.15, 0.2) is 5.76 Å². The average Bonchev–Trinajstić information content (AvgIpc) is 3.23. The largest absolute Gasteiger partial charge is 0.359 e. The fourth-order valence-corrected chi connectivity index (χ4v) is 2.88. The van der Waals surface area contributed by atoms with Crippen LogP contribution in [0.1, 0.15) is 23.1 Å². The number of nitrogens with one attached hydrogen (secondary N) is 2. The molecule has 0 atom stereocenters. The van der Waals surface area contributed by atoms with E-state index in [4.69, 9.17) is 4.52 Å². The summed E-state index contributed by atoms with van der Waals surface area (Å²) in [7, 11) is 0. The predicted octanol–water partition coefficient (Wildman–Crippen LogP) is 1.83. The molecule has 1 aromatic carbocycles. The minimum absolute atomic E-state index is 0.302. The zero-order valence-electron chi connectivity index (χ0n) is 13.3. The summed E-state index contributed by atoms with van der Waals surface area (Å²) in [6, 6.07) is 7.87. The number of benzene rings is 1. The molecule has 8 heteroatoms. The molecular weight excluding hydrogens is 308 g/mol. The Morgan fingerprint density at radius 3 is 2.79 bits per heavy atom. The van der Waals surface area contributed by atoms with E-state index in [0.717, 1.165) is 16.9 Å². The second-order valence-corrected chi connectivity index (χ2v) is 5.65. The van der Waals surface area contributed by atoms with Gasteiger partial charge in [-0.25, -0.2) is 19.4 Å². The molecule has 122 valence electrons.